The summed E-state index contributed by atoms with van der Waals surface area (Å²) in [4.78, 5) is 4.48. The predicted molar refractivity (Wildman–Crippen MR) is 76.6 cm³/mol. The summed E-state index contributed by atoms with van der Waals surface area (Å²) < 4.78 is 5.29. The first-order valence-corrected chi connectivity index (χ1v) is 7.37. The van der Waals surface area contributed by atoms with E-state index < -0.39 is 0 Å². The van der Waals surface area contributed by atoms with Gasteiger partial charge in [-0.25, -0.2) is 4.98 Å². The highest BCUT2D eigenvalue weighted by atomic mass is 35.5. The molecule has 0 aliphatic rings. The molecule has 0 saturated heterocycles. The SMILES string of the molecule is CCCNc1ccc(Cl)c(CSc2nnc(C)o2)n1. The van der Waals surface area contributed by atoms with E-state index in [0.717, 1.165) is 24.5 Å². The number of hydrogen-bond donors (Lipinski definition) is 1. The summed E-state index contributed by atoms with van der Waals surface area (Å²) in [6.07, 6.45) is 1.05. The van der Waals surface area contributed by atoms with Crippen molar-refractivity contribution >= 4 is 29.2 Å². The van der Waals surface area contributed by atoms with E-state index in [4.69, 9.17) is 16.0 Å². The second kappa shape index (κ2) is 6.77. The summed E-state index contributed by atoms with van der Waals surface area (Å²) in [5, 5.41) is 12.1. The van der Waals surface area contributed by atoms with Crippen molar-refractivity contribution in [3.63, 3.8) is 0 Å². The van der Waals surface area contributed by atoms with Crippen LogP contribution in [0.5, 0.6) is 0 Å². The van der Waals surface area contributed by atoms with Crippen LogP contribution >= 0.6 is 23.4 Å². The first-order chi connectivity index (χ1) is 9.19. The van der Waals surface area contributed by atoms with E-state index in [1.54, 1.807) is 6.92 Å². The first-order valence-electron chi connectivity index (χ1n) is 6.01. The zero-order chi connectivity index (χ0) is 13.7. The number of hydrogen-bond acceptors (Lipinski definition) is 6. The van der Waals surface area contributed by atoms with E-state index >= 15 is 0 Å². The molecule has 0 atom stereocenters. The maximum Gasteiger partial charge on any atom is 0.276 e. The van der Waals surface area contributed by atoms with Crippen LogP contribution in [-0.4, -0.2) is 21.7 Å². The van der Waals surface area contributed by atoms with Crippen molar-refractivity contribution in [2.75, 3.05) is 11.9 Å². The van der Waals surface area contributed by atoms with E-state index in [1.165, 1.54) is 11.8 Å². The number of pyridine rings is 1. The Morgan fingerprint density at radius 2 is 2.21 bits per heavy atom. The maximum atomic E-state index is 6.13. The molecule has 1 N–H and O–H groups in total. The van der Waals surface area contributed by atoms with Gasteiger partial charge in [-0.15, -0.1) is 10.2 Å². The number of rotatable bonds is 6. The number of anilines is 1. The van der Waals surface area contributed by atoms with Gasteiger partial charge in [0.1, 0.15) is 5.82 Å². The second-order valence-corrected chi connectivity index (χ2v) is 5.26. The van der Waals surface area contributed by atoms with Crippen LogP contribution in [0.1, 0.15) is 24.9 Å². The lowest BCUT2D eigenvalue weighted by atomic mass is 10.3. The smallest absolute Gasteiger partial charge is 0.276 e. The molecule has 0 spiro atoms. The van der Waals surface area contributed by atoms with Gasteiger partial charge in [-0.05, 0) is 18.6 Å². The van der Waals surface area contributed by atoms with Gasteiger partial charge in [-0.3, -0.25) is 0 Å². The molecule has 0 saturated carbocycles. The number of aryl methyl sites for hydroxylation is 1. The Hall–Kier alpha value is -1.27. The van der Waals surface area contributed by atoms with Crippen LogP contribution in [0, 0.1) is 6.92 Å². The van der Waals surface area contributed by atoms with Crippen LogP contribution < -0.4 is 5.32 Å². The molecule has 2 aromatic heterocycles. The van der Waals surface area contributed by atoms with E-state index in [-0.39, 0.29) is 0 Å². The van der Waals surface area contributed by atoms with Crippen molar-refractivity contribution in [2.45, 2.75) is 31.2 Å². The molecule has 0 bridgehead atoms. The van der Waals surface area contributed by atoms with Crippen LogP contribution in [-0.2, 0) is 5.75 Å². The first kappa shape index (κ1) is 14.1. The monoisotopic (exact) mass is 298 g/mol. The van der Waals surface area contributed by atoms with Crippen LogP contribution in [0.3, 0.4) is 0 Å². The molecule has 102 valence electrons. The van der Waals surface area contributed by atoms with Gasteiger partial charge in [-0.2, -0.15) is 0 Å². The summed E-state index contributed by atoms with van der Waals surface area (Å²) in [6, 6.07) is 3.73. The third-order valence-electron chi connectivity index (χ3n) is 2.31. The summed E-state index contributed by atoms with van der Waals surface area (Å²) in [5.41, 5.74) is 0.809. The normalized spacial score (nSPS) is 10.7. The quantitative estimate of drug-likeness (QED) is 0.823. The lowest BCUT2D eigenvalue weighted by Crippen LogP contribution is -2.03. The van der Waals surface area contributed by atoms with Gasteiger partial charge < -0.3 is 9.73 Å². The third-order valence-corrected chi connectivity index (χ3v) is 3.49. The largest absolute Gasteiger partial charge is 0.416 e. The predicted octanol–water partition coefficient (Wildman–Crippen LogP) is 3.54. The highest BCUT2D eigenvalue weighted by Gasteiger charge is 2.08. The average Bonchev–Trinajstić information content (AvgIpc) is 2.82. The zero-order valence-electron chi connectivity index (χ0n) is 10.8. The molecular weight excluding hydrogens is 284 g/mol. The van der Waals surface area contributed by atoms with Crippen LogP contribution in [0.4, 0.5) is 5.82 Å². The van der Waals surface area contributed by atoms with Crippen LogP contribution in [0.15, 0.2) is 21.8 Å². The van der Waals surface area contributed by atoms with Gasteiger partial charge in [0.2, 0.25) is 5.89 Å². The minimum Gasteiger partial charge on any atom is -0.416 e. The van der Waals surface area contributed by atoms with Crippen molar-refractivity contribution in [1.29, 1.82) is 0 Å². The molecule has 0 unspecified atom stereocenters. The summed E-state index contributed by atoms with van der Waals surface area (Å²) >= 11 is 7.56. The molecular formula is C12H15ClN4OS. The lowest BCUT2D eigenvalue weighted by Gasteiger charge is -2.07. The Bertz CT molecular complexity index is 546. The number of halogens is 1. The van der Waals surface area contributed by atoms with Crippen molar-refractivity contribution in [3.05, 3.63) is 28.7 Å². The molecule has 0 amide bonds. The molecule has 0 aromatic carbocycles. The molecule has 7 heteroatoms. The zero-order valence-corrected chi connectivity index (χ0v) is 12.4. The lowest BCUT2D eigenvalue weighted by molar-refractivity contribution is 0.429. The molecule has 19 heavy (non-hydrogen) atoms. The highest BCUT2D eigenvalue weighted by molar-refractivity contribution is 7.98. The number of thioether (sulfide) groups is 1. The fourth-order valence-electron chi connectivity index (χ4n) is 1.40. The van der Waals surface area contributed by atoms with E-state index in [1.807, 2.05) is 12.1 Å². The van der Waals surface area contributed by atoms with Crippen molar-refractivity contribution in [3.8, 4) is 0 Å². The molecule has 5 nitrogen and oxygen atoms in total. The van der Waals surface area contributed by atoms with Gasteiger partial charge in [0.15, 0.2) is 0 Å². The third kappa shape index (κ3) is 4.11. The Kier molecular flexibility index (Phi) is 5.04. The van der Waals surface area contributed by atoms with E-state index in [0.29, 0.717) is 21.9 Å². The minimum absolute atomic E-state index is 0.530. The van der Waals surface area contributed by atoms with Crippen molar-refractivity contribution in [1.82, 2.24) is 15.2 Å². The molecule has 2 aromatic rings. The minimum atomic E-state index is 0.530. The molecule has 0 radical (unpaired) electrons. The van der Waals surface area contributed by atoms with E-state index in [9.17, 15) is 0 Å². The molecule has 2 rings (SSSR count). The fourth-order valence-corrected chi connectivity index (χ4v) is 2.41. The summed E-state index contributed by atoms with van der Waals surface area (Å²) in [5.74, 6) is 1.99. The Morgan fingerprint density at radius 3 is 2.89 bits per heavy atom. The number of nitrogens with zero attached hydrogens (tertiary/aromatic N) is 3. The van der Waals surface area contributed by atoms with E-state index in [2.05, 4.69) is 27.4 Å². The summed E-state index contributed by atoms with van der Waals surface area (Å²) in [6.45, 7) is 4.76. The number of nitrogens with one attached hydrogen (secondary N) is 1. The Balaban J connectivity index is 2.02. The van der Waals surface area contributed by atoms with Crippen LogP contribution in [0.2, 0.25) is 5.02 Å². The molecule has 2 heterocycles. The van der Waals surface area contributed by atoms with Crippen molar-refractivity contribution in [2.24, 2.45) is 0 Å². The fraction of sp³-hybridized carbons (Fsp3) is 0.417. The van der Waals surface area contributed by atoms with Gasteiger partial charge in [-0.1, -0.05) is 30.3 Å². The van der Waals surface area contributed by atoms with Gasteiger partial charge >= 0.3 is 0 Å². The average molecular weight is 299 g/mol. The Labute approximate surface area is 121 Å². The second-order valence-electron chi connectivity index (χ2n) is 3.93. The summed E-state index contributed by atoms with van der Waals surface area (Å²) in [7, 11) is 0. The van der Waals surface area contributed by atoms with Gasteiger partial charge in [0, 0.05) is 19.2 Å². The molecule has 0 fully saturated rings. The molecule has 0 aliphatic heterocycles. The van der Waals surface area contributed by atoms with Crippen molar-refractivity contribution < 1.29 is 4.42 Å². The maximum absolute atomic E-state index is 6.13. The Morgan fingerprint density at radius 1 is 1.37 bits per heavy atom. The van der Waals surface area contributed by atoms with Gasteiger partial charge in [0.25, 0.3) is 5.22 Å². The molecule has 0 aliphatic carbocycles. The number of aromatic nitrogens is 3. The highest BCUT2D eigenvalue weighted by Crippen LogP contribution is 2.25. The van der Waals surface area contributed by atoms with Gasteiger partial charge in [0.05, 0.1) is 10.7 Å². The van der Waals surface area contributed by atoms with Crippen LogP contribution in [0.25, 0.3) is 0 Å². The standard InChI is InChI=1S/C12H15ClN4OS/c1-3-6-14-11-5-4-9(13)10(15-11)7-19-12-17-16-8(2)18-12/h4-5H,3,6-7H2,1-2H3,(H,14,15). The topological polar surface area (TPSA) is 63.8 Å².